The molecule has 0 aliphatic heterocycles. The molecule has 2 nitrogen and oxygen atoms in total. The SMILES string of the molecule is CC.CC.COc1cccc(CO)c1. The van der Waals surface area contributed by atoms with Crippen molar-refractivity contribution in [1.82, 2.24) is 0 Å². The fraction of sp³-hybridized carbons (Fsp3) is 0.500. The molecule has 0 atom stereocenters. The van der Waals surface area contributed by atoms with Gasteiger partial charge in [0.1, 0.15) is 5.75 Å². The number of hydrogen-bond donors (Lipinski definition) is 1. The van der Waals surface area contributed by atoms with Crippen molar-refractivity contribution in [2.45, 2.75) is 34.3 Å². The van der Waals surface area contributed by atoms with Crippen LogP contribution in [0.2, 0.25) is 0 Å². The third kappa shape index (κ3) is 6.49. The summed E-state index contributed by atoms with van der Waals surface area (Å²) in [5.41, 5.74) is 0.874. The Kier molecular flexibility index (Phi) is 13.2. The fourth-order valence-corrected chi connectivity index (χ4v) is 0.771. The van der Waals surface area contributed by atoms with Gasteiger partial charge in [0, 0.05) is 0 Å². The summed E-state index contributed by atoms with van der Waals surface area (Å²) in [5.74, 6) is 0.784. The maximum Gasteiger partial charge on any atom is 0.119 e. The van der Waals surface area contributed by atoms with E-state index in [4.69, 9.17) is 9.84 Å². The Balaban J connectivity index is 0. The molecule has 0 bridgehead atoms. The van der Waals surface area contributed by atoms with Gasteiger partial charge in [-0.3, -0.25) is 0 Å². The highest BCUT2D eigenvalue weighted by Crippen LogP contribution is 2.11. The van der Waals surface area contributed by atoms with E-state index in [0.29, 0.717) is 0 Å². The molecule has 0 aliphatic rings. The van der Waals surface area contributed by atoms with Crippen molar-refractivity contribution in [3.63, 3.8) is 0 Å². The molecule has 14 heavy (non-hydrogen) atoms. The van der Waals surface area contributed by atoms with Gasteiger partial charge in [0.2, 0.25) is 0 Å². The highest BCUT2D eigenvalue weighted by atomic mass is 16.5. The Morgan fingerprint density at radius 3 is 2.14 bits per heavy atom. The lowest BCUT2D eigenvalue weighted by Crippen LogP contribution is -1.85. The molecule has 0 saturated heterocycles. The van der Waals surface area contributed by atoms with Crippen LogP contribution in [0.3, 0.4) is 0 Å². The predicted molar refractivity (Wildman–Crippen MR) is 61.6 cm³/mol. The van der Waals surface area contributed by atoms with Crippen LogP contribution < -0.4 is 4.74 Å². The van der Waals surface area contributed by atoms with Crippen molar-refractivity contribution in [3.05, 3.63) is 29.8 Å². The number of ether oxygens (including phenoxy) is 1. The predicted octanol–water partition coefficient (Wildman–Crippen LogP) is 3.24. The molecule has 0 fully saturated rings. The van der Waals surface area contributed by atoms with Crippen molar-refractivity contribution < 1.29 is 9.84 Å². The Bertz CT molecular complexity index is 190. The molecule has 0 saturated carbocycles. The van der Waals surface area contributed by atoms with E-state index < -0.39 is 0 Å². The zero-order chi connectivity index (χ0) is 11.4. The summed E-state index contributed by atoms with van der Waals surface area (Å²) in [6.45, 7) is 8.07. The van der Waals surface area contributed by atoms with Gasteiger partial charge in [-0.15, -0.1) is 0 Å². The standard InChI is InChI=1S/C8H10O2.2C2H6/c1-10-8-4-2-3-7(5-8)6-9;2*1-2/h2-5,9H,6H2,1H3;2*1-2H3. The molecule has 0 unspecified atom stereocenters. The van der Waals surface area contributed by atoms with E-state index in [9.17, 15) is 0 Å². The third-order valence-electron chi connectivity index (χ3n) is 1.32. The number of hydrogen-bond acceptors (Lipinski definition) is 2. The summed E-state index contributed by atoms with van der Waals surface area (Å²) in [7, 11) is 1.61. The Morgan fingerprint density at radius 2 is 1.71 bits per heavy atom. The highest BCUT2D eigenvalue weighted by molar-refractivity contribution is 5.27. The molecule has 0 amide bonds. The summed E-state index contributed by atoms with van der Waals surface area (Å²) < 4.78 is 4.95. The van der Waals surface area contributed by atoms with Crippen LogP contribution in [0, 0.1) is 0 Å². The number of rotatable bonds is 2. The van der Waals surface area contributed by atoms with E-state index >= 15 is 0 Å². The third-order valence-corrected chi connectivity index (χ3v) is 1.32. The molecular formula is C12H22O2. The normalized spacial score (nSPS) is 7.57. The molecule has 1 N–H and O–H groups in total. The van der Waals surface area contributed by atoms with Gasteiger partial charge in [-0.25, -0.2) is 0 Å². The molecule has 0 spiro atoms. The minimum atomic E-state index is 0.0667. The van der Waals surface area contributed by atoms with Crippen molar-refractivity contribution in [2.75, 3.05) is 7.11 Å². The number of methoxy groups -OCH3 is 1. The van der Waals surface area contributed by atoms with Crippen LogP contribution in [0.5, 0.6) is 5.75 Å². The van der Waals surface area contributed by atoms with Crippen molar-refractivity contribution in [3.8, 4) is 5.75 Å². The first-order valence-electron chi connectivity index (χ1n) is 5.10. The Hall–Kier alpha value is -1.02. The van der Waals surface area contributed by atoms with E-state index in [2.05, 4.69) is 0 Å². The van der Waals surface area contributed by atoms with Crippen molar-refractivity contribution >= 4 is 0 Å². The van der Waals surface area contributed by atoms with E-state index in [1.807, 2.05) is 45.9 Å². The summed E-state index contributed by atoms with van der Waals surface area (Å²) >= 11 is 0. The maximum atomic E-state index is 8.70. The van der Waals surface area contributed by atoms with Gasteiger partial charge in [0.05, 0.1) is 13.7 Å². The van der Waals surface area contributed by atoms with E-state index in [-0.39, 0.29) is 6.61 Å². The topological polar surface area (TPSA) is 29.5 Å². The van der Waals surface area contributed by atoms with Crippen LogP contribution in [0.15, 0.2) is 24.3 Å². The largest absolute Gasteiger partial charge is 0.497 e. The number of aliphatic hydroxyl groups excluding tert-OH is 1. The zero-order valence-corrected chi connectivity index (χ0v) is 9.87. The molecule has 0 heterocycles. The van der Waals surface area contributed by atoms with Crippen molar-refractivity contribution in [2.24, 2.45) is 0 Å². The number of aliphatic hydroxyl groups is 1. The molecule has 1 rings (SSSR count). The molecule has 82 valence electrons. The van der Waals surface area contributed by atoms with E-state index in [0.717, 1.165) is 11.3 Å². The van der Waals surface area contributed by atoms with Crippen LogP contribution in [0.1, 0.15) is 33.3 Å². The van der Waals surface area contributed by atoms with Crippen LogP contribution in [-0.4, -0.2) is 12.2 Å². The van der Waals surface area contributed by atoms with E-state index in [1.165, 1.54) is 0 Å². The summed E-state index contributed by atoms with van der Waals surface area (Å²) in [6, 6.07) is 7.35. The van der Waals surface area contributed by atoms with Gasteiger partial charge in [0.25, 0.3) is 0 Å². The first kappa shape index (κ1) is 15.5. The fourth-order valence-electron chi connectivity index (χ4n) is 0.771. The van der Waals surface area contributed by atoms with Crippen LogP contribution in [0.25, 0.3) is 0 Å². The van der Waals surface area contributed by atoms with Crippen LogP contribution in [-0.2, 0) is 6.61 Å². The molecule has 1 aromatic carbocycles. The molecule has 0 aromatic heterocycles. The first-order valence-corrected chi connectivity index (χ1v) is 5.10. The summed E-state index contributed by atoms with van der Waals surface area (Å²) in [4.78, 5) is 0. The van der Waals surface area contributed by atoms with Crippen molar-refractivity contribution in [1.29, 1.82) is 0 Å². The first-order chi connectivity index (χ1) is 6.86. The molecule has 1 aromatic rings. The van der Waals surface area contributed by atoms with Crippen LogP contribution in [0.4, 0.5) is 0 Å². The molecular weight excluding hydrogens is 176 g/mol. The van der Waals surface area contributed by atoms with Gasteiger partial charge in [-0.05, 0) is 17.7 Å². The minimum absolute atomic E-state index is 0.0667. The summed E-state index contributed by atoms with van der Waals surface area (Å²) in [6.07, 6.45) is 0. The van der Waals surface area contributed by atoms with Gasteiger partial charge in [-0.2, -0.15) is 0 Å². The monoisotopic (exact) mass is 198 g/mol. The Labute approximate surface area is 87.5 Å². The second-order valence-corrected chi connectivity index (χ2v) is 2.01. The average Bonchev–Trinajstić information content (AvgIpc) is 2.34. The summed E-state index contributed by atoms with van der Waals surface area (Å²) in [5, 5.41) is 8.70. The molecule has 0 radical (unpaired) electrons. The van der Waals surface area contributed by atoms with Gasteiger partial charge < -0.3 is 9.84 Å². The molecule has 2 heteroatoms. The second kappa shape index (κ2) is 12.0. The number of benzene rings is 1. The van der Waals surface area contributed by atoms with Gasteiger partial charge in [-0.1, -0.05) is 39.8 Å². The minimum Gasteiger partial charge on any atom is -0.497 e. The lowest BCUT2D eigenvalue weighted by molar-refractivity contribution is 0.281. The maximum absolute atomic E-state index is 8.70. The van der Waals surface area contributed by atoms with E-state index in [1.54, 1.807) is 13.2 Å². The zero-order valence-electron chi connectivity index (χ0n) is 9.87. The lowest BCUT2D eigenvalue weighted by atomic mass is 10.2. The second-order valence-electron chi connectivity index (χ2n) is 2.01. The smallest absolute Gasteiger partial charge is 0.119 e. The molecule has 0 aliphatic carbocycles. The van der Waals surface area contributed by atoms with Gasteiger partial charge >= 0.3 is 0 Å². The Morgan fingerprint density at radius 1 is 1.14 bits per heavy atom. The quantitative estimate of drug-likeness (QED) is 0.790. The lowest BCUT2D eigenvalue weighted by Gasteiger charge is -1.99. The average molecular weight is 198 g/mol. The highest BCUT2D eigenvalue weighted by Gasteiger charge is 1.91. The van der Waals surface area contributed by atoms with Gasteiger partial charge in [0.15, 0.2) is 0 Å². The van der Waals surface area contributed by atoms with Crippen LogP contribution >= 0.6 is 0 Å².